The second-order valence-corrected chi connectivity index (χ2v) is 10.4. The molecule has 7 nitrogen and oxygen atoms in total. The topological polar surface area (TPSA) is 65.9 Å². The van der Waals surface area contributed by atoms with E-state index in [1.807, 2.05) is 46.2 Å². The molecule has 1 aromatic heterocycles. The molecule has 2 aliphatic rings. The summed E-state index contributed by atoms with van der Waals surface area (Å²) in [4.78, 5) is 44.7. The maximum Gasteiger partial charge on any atom is 0.255 e. The minimum atomic E-state index is -0.587. The van der Waals surface area contributed by atoms with Gasteiger partial charge in [-0.25, -0.2) is 0 Å². The fraction of sp³-hybridized carbons (Fsp3) is 0.414. The lowest BCUT2D eigenvalue weighted by Crippen LogP contribution is -2.55. The van der Waals surface area contributed by atoms with Crippen LogP contribution in [0.1, 0.15) is 53.5 Å². The molecule has 0 aliphatic carbocycles. The van der Waals surface area contributed by atoms with Gasteiger partial charge in [0.05, 0.1) is 6.04 Å². The van der Waals surface area contributed by atoms with E-state index in [1.54, 1.807) is 4.90 Å². The van der Waals surface area contributed by atoms with Crippen molar-refractivity contribution in [3.05, 3.63) is 70.9 Å². The monoisotopic (exact) mass is 486 g/mol. The van der Waals surface area contributed by atoms with Crippen LogP contribution in [-0.2, 0) is 16.6 Å². The molecule has 7 heteroatoms. The number of piperazine rings is 1. The Labute approximate surface area is 212 Å². The van der Waals surface area contributed by atoms with Crippen molar-refractivity contribution in [3.8, 4) is 0 Å². The number of nitrogens with zero attached hydrogens (tertiary/aromatic N) is 4. The first kappa shape index (κ1) is 24.1. The fourth-order valence-corrected chi connectivity index (χ4v) is 5.89. The molecule has 36 heavy (non-hydrogen) atoms. The predicted octanol–water partition coefficient (Wildman–Crippen LogP) is 3.75. The van der Waals surface area contributed by atoms with Gasteiger partial charge in [0.1, 0.15) is 6.04 Å². The van der Waals surface area contributed by atoms with E-state index in [9.17, 15) is 14.4 Å². The van der Waals surface area contributed by atoms with Gasteiger partial charge in [-0.15, -0.1) is 0 Å². The van der Waals surface area contributed by atoms with Crippen LogP contribution in [0.15, 0.2) is 48.5 Å². The average molecular weight is 487 g/mol. The Hall–Kier alpha value is -3.61. The van der Waals surface area contributed by atoms with Crippen LogP contribution in [0, 0.1) is 12.8 Å². The minimum absolute atomic E-state index is 0.0294. The first-order valence-corrected chi connectivity index (χ1v) is 12.8. The molecule has 0 bridgehead atoms. The van der Waals surface area contributed by atoms with Crippen molar-refractivity contribution in [2.45, 2.75) is 39.3 Å². The summed E-state index contributed by atoms with van der Waals surface area (Å²) in [6, 6.07) is 15.1. The number of carbonyl (C=O) groups excluding carboxylic acids is 3. The number of para-hydroxylation sites is 1. The molecule has 3 heterocycles. The summed E-state index contributed by atoms with van der Waals surface area (Å²) in [5, 5.41) is 1.10. The van der Waals surface area contributed by atoms with Crippen molar-refractivity contribution in [2.75, 3.05) is 26.2 Å². The Balaban J connectivity index is 1.64. The zero-order valence-electron chi connectivity index (χ0n) is 21.5. The summed E-state index contributed by atoms with van der Waals surface area (Å²) in [6.07, 6.45) is 1.42. The molecular formula is C29H34N4O3. The highest BCUT2D eigenvalue weighted by Crippen LogP contribution is 2.45. The summed E-state index contributed by atoms with van der Waals surface area (Å²) in [6.45, 7) is 8.29. The molecule has 0 saturated carbocycles. The van der Waals surface area contributed by atoms with E-state index >= 15 is 0 Å². The summed E-state index contributed by atoms with van der Waals surface area (Å²) in [7, 11) is 2.05. The lowest BCUT2D eigenvalue weighted by Gasteiger charge is -2.39. The molecule has 0 spiro atoms. The SMILES string of the molecule is Cc1c(C2c3ccccc3C(=O)N2C(CC(C)C)C(=O)N2CCN(C=O)CC2)c2ccccc2n1C. The normalized spacial score (nSPS) is 18.8. The van der Waals surface area contributed by atoms with Gasteiger partial charge in [-0.05, 0) is 37.0 Å². The van der Waals surface area contributed by atoms with E-state index in [0.29, 0.717) is 38.2 Å². The van der Waals surface area contributed by atoms with Gasteiger partial charge in [-0.3, -0.25) is 14.4 Å². The lowest BCUT2D eigenvalue weighted by molar-refractivity contribution is -0.140. The molecule has 3 amide bonds. The van der Waals surface area contributed by atoms with Gasteiger partial charge in [0.25, 0.3) is 5.91 Å². The van der Waals surface area contributed by atoms with Crippen molar-refractivity contribution in [3.63, 3.8) is 0 Å². The van der Waals surface area contributed by atoms with Crippen LogP contribution in [0.5, 0.6) is 0 Å². The number of benzene rings is 2. The third kappa shape index (κ3) is 3.87. The van der Waals surface area contributed by atoms with Crippen LogP contribution in [0.2, 0.25) is 0 Å². The molecule has 1 saturated heterocycles. The maximum atomic E-state index is 14.1. The van der Waals surface area contributed by atoms with Crippen LogP contribution >= 0.6 is 0 Å². The molecule has 3 aromatic rings. The number of amides is 3. The average Bonchev–Trinajstić information content (AvgIpc) is 3.32. The van der Waals surface area contributed by atoms with Crippen molar-refractivity contribution < 1.29 is 14.4 Å². The maximum absolute atomic E-state index is 14.1. The Bertz CT molecular complexity index is 1320. The molecule has 1 fully saturated rings. The zero-order valence-corrected chi connectivity index (χ0v) is 21.5. The molecule has 2 atom stereocenters. The van der Waals surface area contributed by atoms with Gasteiger partial charge < -0.3 is 19.3 Å². The number of rotatable bonds is 6. The second kappa shape index (κ2) is 9.45. The Morgan fingerprint density at radius 2 is 1.69 bits per heavy atom. The standard InChI is InChI=1S/C29H34N4O3/c1-19(2)17-25(29(36)32-15-13-31(18-34)14-16-32)33-27(21-9-5-6-10-22(21)28(33)35)26-20(3)30(4)24-12-8-7-11-23(24)26/h5-12,18-19,25,27H,13-17H2,1-4H3. The molecule has 2 aliphatic heterocycles. The van der Waals surface area contributed by atoms with Crippen molar-refractivity contribution in [2.24, 2.45) is 13.0 Å². The molecule has 2 aromatic carbocycles. The number of aromatic nitrogens is 1. The quantitative estimate of drug-likeness (QED) is 0.499. The molecular weight excluding hydrogens is 452 g/mol. The van der Waals surface area contributed by atoms with E-state index < -0.39 is 6.04 Å². The highest BCUT2D eigenvalue weighted by Gasteiger charge is 2.46. The number of aryl methyl sites for hydroxylation is 1. The van der Waals surface area contributed by atoms with Crippen LogP contribution in [-0.4, -0.2) is 69.7 Å². The summed E-state index contributed by atoms with van der Waals surface area (Å²) >= 11 is 0. The summed E-state index contributed by atoms with van der Waals surface area (Å²) in [5.41, 5.74) is 4.90. The van der Waals surface area contributed by atoms with Crippen LogP contribution in [0.25, 0.3) is 10.9 Å². The lowest BCUT2D eigenvalue weighted by atomic mass is 9.93. The van der Waals surface area contributed by atoms with E-state index in [2.05, 4.69) is 44.5 Å². The predicted molar refractivity (Wildman–Crippen MR) is 140 cm³/mol. The minimum Gasteiger partial charge on any atom is -0.348 e. The third-order valence-electron chi connectivity index (χ3n) is 7.81. The smallest absolute Gasteiger partial charge is 0.255 e. The highest BCUT2D eigenvalue weighted by atomic mass is 16.2. The number of hydrogen-bond acceptors (Lipinski definition) is 3. The van der Waals surface area contributed by atoms with E-state index in [-0.39, 0.29) is 23.8 Å². The van der Waals surface area contributed by atoms with Crippen molar-refractivity contribution >= 4 is 29.1 Å². The van der Waals surface area contributed by atoms with Gasteiger partial charge in [0.15, 0.2) is 0 Å². The number of carbonyl (C=O) groups is 3. The summed E-state index contributed by atoms with van der Waals surface area (Å²) < 4.78 is 2.17. The fourth-order valence-electron chi connectivity index (χ4n) is 5.89. The Morgan fingerprint density at radius 1 is 1.03 bits per heavy atom. The number of hydrogen-bond donors (Lipinski definition) is 0. The highest BCUT2D eigenvalue weighted by molar-refractivity contribution is 6.03. The van der Waals surface area contributed by atoms with E-state index in [0.717, 1.165) is 34.1 Å². The van der Waals surface area contributed by atoms with Crippen LogP contribution < -0.4 is 0 Å². The molecule has 2 unspecified atom stereocenters. The largest absolute Gasteiger partial charge is 0.348 e. The second-order valence-electron chi connectivity index (χ2n) is 10.4. The van der Waals surface area contributed by atoms with E-state index in [1.165, 1.54) is 0 Å². The van der Waals surface area contributed by atoms with Crippen molar-refractivity contribution in [1.29, 1.82) is 0 Å². The number of fused-ring (bicyclic) bond motifs is 2. The van der Waals surface area contributed by atoms with Gasteiger partial charge in [0.2, 0.25) is 12.3 Å². The molecule has 0 radical (unpaired) electrons. The first-order chi connectivity index (χ1) is 17.3. The van der Waals surface area contributed by atoms with Crippen LogP contribution in [0.3, 0.4) is 0 Å². The molecule has 5 rings (SSSR count). The molecule has 188 valence electrons. The van der Waals surface area contributed by atoms with E-state index in [4.69, 9.17) is 0 Å². The van der Waals surface area contributed by atoms with Gasteiger partial charge >= 0.3 is 0 Å². The zero-order chi connectivity index (χ0) is 25.6. The third-order valence-corrected chi connectivity index (χ3v) is 7.81. The van der Waals surface area contributed by atoms with Gasteiger partial charge in [-0.2, -0.15) is 0 Å². The van der Waals surface area contributed by atoms with Crippen LogP contribution in [0.4, 0.5) is 0 Å². The van der Waals surface area contributed by atoms with Gasteiger partial charge in [-0.1, -0.05) is 50.2 Å². The Kier molecular flexibility index (Phi) is 6.33. The van der Waals surface area contributed by atoms with Gasteiger partial charge in [0, 0.05) is 61.0 Å². The summed E-state index contributed by atoms with van der Waals surface area (Å²) in [5.74, 6) is 0.104. The molecule has 0 N–H and O–H groups in total. The van der Waals surface area contributed by atoms with Crippen molar-refractivity contribution in [1.82, 2.24) is 19.3 Å². The Morgan fingerprint density at radius 3 is 2.39 bits per heavy atom. The first-order valence-electron chi connectivity index (χ1n) is 12.8.